The number of alkyl halides is 3. The number of hydrogen-bond donors (Lipinski definition) is 0. The fourth-order valence-electron chi connectivity index (χ4n) is 7.38. The van der Waals surface area contributed by atoms with Crippen molar-refractivity contribution in [3.63, 3.8) is 0 Å². The lowest BCUT2D eigenvalue weighted by atomic mass is 9.43. The summed E-state index contributed by atoms with van der Waals surface area (Å²) in [5.74, 6) is 1.42. The molecule has 0 nitrogen and oxygen atoms in total. The lowest BCUT2D eigenvalue weighted by Crippen LogP contribution is -2.53. The second-order valence-corrected chi connectivity index (χ2v) is 9.55. The smallest absolute Gasteiger partial charge is 0.171 e. The molecule has 0 aromatic rings. The molecular formula is C22H34F3. The van der Waals surface area contributed by atoms with Crippen molar-refractivity contribution in [2.75, 3.05) is 0 Å². The van der Waals surface area contributed by atoms with Gasteiger partial charge in [0.25, 0.3) is 0 Å². The maximum Gasteiger partial charge on any atom is 0.391 e. The van der Waals surface area contributed by atoms with Crippen LogP contribution in [0.15, 0.2) is 0 Å². The van der Waals surface area contributed by atoms with Gasteiger partial charge in [0, 0.05) is 0 Å². The molecule has 4 saturated carbocycles. The Morgan fingerprint density at radius 1 is 0.680 bits per heavy atom. The fraction of sp³-hybridized carbons (Fsp3) is 0.955. The molecule has 4 aliphatic carbocycles. The van der Waals surface area contributed by atoms with Gasteiger partial charge in [-0.15, -0.1) is 0 Å². The minimum Gasteiger partial charge on any atom is -0.171 e. The summed E-state index contributed by atoms with van der Waals surface area (Å²) in [6, 6.07) is 0. The van der Waals surface area contributed by atoms with Gasteiger partial charge in [-0.2, -0.15) is 13.2 Å². The highest BCUT2D eigenvalue weighted by Crippen LogP contribution is 2.70. The summed E-state index contributed by atoms with van der Waals surface area (Å²) < 4.78 is 39.5. The van der Waals surface area contributed by atoms with E-state index in [0.29, 0.717) is 23.7 Å². The van der Waals surface area contributed by atoms with Crippen LogP contribution in [0.1, 0.15) is 103 Å². The normalized spacial score (nSPS) is 31.8. The molecule has 0 aromatic heterocycles. The lowest BCUT2D eigenvalue weighted by Gasteiger charge is -2.61. The van der Waals surface area contributed by atoms with Crippen molar-refractivity contribution in [2.24, 2.45) is 22.7 Å². The fourth-order valence-corrected chi connectivity index (χ4v) is 7.38. The van der Waals surface area contributed by atoms with Gasteiger partial charge in [0.2, 0.25) is 0 Å². The Kier molecular flexibility index (Phi) is 4.90. The molecule has 0 heterocycles. The van der Waals surface area contributed by atoms with Gasteiger partial charge < -0.3 is 0 Å². The van der Waals surface area contributed by atoms with Gasteiger partial charge in [-0.25, -0.2) is 0 Å². The zero-order valence-electron chi connectivity index (χ0n) is 15.6. The predicted octanol–water partition coefficient (Wildman–Crippen LogP) is 7.62. The second-order valence-electron chi connectivity index (χ2n) is 9.55. The van der Waals surface area contributed by atoms with E-state index in [0.717, 1.165) is 18.8 Å². The first-order chi connectivity index (χ1) is 12.0. The third kappa shape index (κ3) is 2.96. The molecule has 4 aliphatic rings. The van der Waals surface area contributed by atoms with Gasteiger partial charge in [0.1, 0.15) is 0 Å². The first-order valence-electron chi connectivity index (χ1n) is 10.9. The maximum absolute atomic E-state index is 13.2. The summed E-state index contributed by atoms with van der Waals surface area (Å²) in [6.45, 7) is 0. The third-order valence-electron chi connectivity index (χ3n) is 8.77. The molecule has 0 unspecified atom stereocenters. The van der Waals surface area contributed by atoms with Gasteiger partial charge in [-0.05, 0) is 86.9 Å². The molecule has 25 heavy (non-hydrogen) atoms. The van der Waals surface area contributed by atoms with Crippen LogP contribution >= 0.6 is 0 Å². The zero-order valence-corrected chi connectivity index (χ0v) is 15.6. The second kappa shape index (κ2) is 6.75. The van der Waals surface area contributed by atoms with Gasteiger partial charge in [0.15, 0.2) is 0 Å². The van der Waals surface area contributed by atoms with Crippen LogP contribution in [-0.2, 0) is 0 Å². The summed E-state index contributed by atoms with van der Waals surface area (Å²) >= 11 is 0. The Balaban J connectivity index is 1.59. The molecule has 0 saturated heterocycles. The Morgan fingerprint density at radius 3 is 1.72 bits per heavy atom. The van der Waals surface area contributed by atoms with Crippen molar-refractivity contribution in [1.82, 2.24) is 0 Å². The highest BCUT2D eigenvalue weighted by atomic mass is 19.4. The molecule has 1 radical (unpaired) electrons. The minimum atomic E-state index is -3.98. The van der Waals surface area contributed by atoms with E-state index in [4.69, 9.17) is 0 Å². The van der Waals surface area contributed by atoms with Gasteiger partial charge in [0.05, 0.1) is 5.92 Å². The van der Waals surface area contributed by atoms with Crippen LogP contribution in [-0.4, -0.2) is 6.18 Å². The Bertz CT molecular complexity index is 442. The van der Waals surface area contributed by atoms with Gasteiger partial charge in [-0.3, -0.25) is 0 Å². The van der Waals surface area contributed by atoms with Crippen LogP contribution in [0.25, 0.3) is 0 Å². The highest BCUT2D eigenvalue weighted by molar-refractivity contribution is 5.20. The van der Waals surface area contributed by atoms with Crippen LogP contribution in [0.3, 0.4) is 0 Å². The van der Waals surface area contributed by atoms with Crippen molar-refractivity contribution >= 4 is 0 Å². The standard InChI is InChI=1S/C22H34F3/c23-22(24,25)19-11-9-18(10-12-19)21(13-2-1-3-14-21)20(15-4-5-16-20)17-7-6-8-17/h17,19H,1-16H2. The molecule has 4 rings (SSSR count). The number of halogens is 3. The molecule has 0 amide bonds. The van der Waals surface area contributed by atoms with Crippen molar-refractivity contribution < 1.29 is 13.2 Å². The first kappa shape index (κ1) is 18.2. The average Bonchev–Trinajstić information content (AvgIpc) is 3.04. The number of rotatable bonds is 3. The lowest BCUT2D eigenvalue weighted by molar-refractivity contribution is -0.183. The summed E-state index contributed by atoms with van der Waals surface area (Å²) in [7, 11) is 0. The van der Waals surface area contributed by atoms with Gasteiger partial charge >= 0.3 is 6.18 Å². The molecule has 0 spiro atoms. The van der Waals surface area contributed by atoms with E-state index >= 15 is 0 Å². The van der Waals surface area contributed by atoms with Crippen molar-refractivity contribution in [3.8, 4) is 0 Å². The predicted molar refractivity (Wildman–Crippen MR) is 95.0 cm³/mol. The zero-order chi connectivity index (χ0) is 17.5. The Hall–Kier alpha value is -0.210. The average molecular weight is 356 g/mol. The van der Waals surface area contributed by atoms with Crippen molar-refractivity contribution in [1.29, 1.82) is 0 Å². The van der Waals surface area contributed by atoms with E-state index in [9.17, 15) is 13.2 Å². The summed E-state index contributed by atoms with van der Waals surface area (Å²) in [5, 5.41) is 0. The Labute approximate surface area is 151 Å². The van der Waals surface area contributed by atoms with E-state index in [1.807, 2.05) is 0 Å². The van der Waals surface area contributed by atoms with Crippen LogP contribution in [0.4, 0.5) is 13.2 Å². The molecule has 0 bridgehead atoms. The van der Waals surface area contributed by atoms with Crippen LogP contribution < -0.4 is 0 Å². The summed E-state index contributed by atoms with van der Waals surface area (Å²) in [6.07, 6.45) is 14.4. The van der Waals surface area contributed by atoms with Crippen LogP contribution in [0.2, 0.25) is 0 Å². The molecule has 0 aliphatic heterocycles. The molecule has 0 aromatic carbocycles. The van der Waals surface area contributed by atoms with Gasteiger partial charge in [-0.1, -0.05) is 38.5 Å². The molecule has 3 heteroatoms. The molecular weight excluding hydrogens is 321 g/mol. The molecule has 0 atom stereocenters. The van der Waals surface area contributed by atoms with E-state index in [-0.39, 0.29) is 0 Å². The van der Waals surface area contributed by atoms with E-state index in [1.165, 1.54) is 77.0 Å². The SMILES string of the molecule is FC(F)(F)C1CC[C](C2(C3(C4CCC4)CCCC3)CCCCC2)CC1. The highest BCUT2D eigenvalue weighted by Gasteiger charge is 2.60. The third-order valence-corrected chi connectivity index (χ3v) is 8.77. The van der Waals surface area contributed by atoms with Crippen LogP contribution in [0.5, 0.6) is 0 Å². The van der Waals surface area contributed by atoms with Crippen molar-refractivity contribution in [3.05, 3.63) is 5.92 Å². The summed E-state index contributed by atoms with van der Waals surface area (Å²) in [4.78, 5) is 0. The molecule has 4 fully saturated rings. The van der Waals surface area contributed by atoms with E-state index in [2.05, 4.69) is 0 Å². The molecule has 143 valence electrons. The topological polar surface area (TPSA) is 0 Å². The van der Waals surface area contributed by atoms with Crippen LogP contribution in [0, 0.1) is 28.6 Å². The quantitative estimate of drug-likeness (QED) is 0.488. The van der Waals surface area contributed by atoms with E-state index < -0.39 is 12.1 Å². The monoisotopic (exact) mass is 355 g/mol. The minimum absolute atomic E-state index is 0.309. The van der Waals surface area contributed by atoms with Crippen molar-refractivity contribution in [2.45, 2.75) is 109 Å². The Morgan fingerprint density at radius 2 is 1.24 bits per heavy atom. The maximum atomic E-state index is 13.2. The summed E-state index contributed by atoms with van der Waals surface area (Å²) in [5.41, 5.74) is 0.773. The van der Waals surface area contributed by atoms with E-state index in [1.54, 1.807) is 5.92 Å². The number of hydrogen-bond acceptors (Lipinski definition) is 0. The largest absolute Gasteiger partial charge is 0.391 e. The first-order valence-corrected chi connectivity index (χ1v) is 10.9. The molecule has 0 N–H and O–H groups in total.